The van der Waals surface area contributed by atoms with E-state index in [1.165, 1.54) is 0 Å². The summed E-state index contributed by atoms with van der Waals surface area (Å²) >= 11 is 0. The number of para-hydroxylation sites is 1. The summed E-state index contributed by atoms with van der Waals surface area (Å²) in [7, 11) is 0. The van der Waals surface area contributed by atoms with Crippen LogP contribution in [0.4, 0.5) is 5.69 Å². The molecular weight excluding hydrogens is 246 g/mol. The first-order valence-corrected chi connectivity index (χ1v) is 7.49. The fraction of sp³-hybridized carbons (Fsp3) is 0.389. The molecule has 2 heteroatoms. The molecule has 1 heterocycles. The lowest BCUT2D eigenvalue weighted by atomic mass is 9.65. The Morgan fingerprint density at radius 3 is 2.70 bits per heavy atom. The highest BCUT2D eigenvalue weighted by atomic mass is 16.2. The summed E-state index contributed by atoms with van der Waals surface area (Å²) in [4.78, 5) is 15.1. The van der Waals surface area contributed by atoms with E-state index in [4.69, 9.17) is 0 Å². The molecule has 0 bridgehead atoms. The first-order chi connectivity index (χ1) is 9.78. The Labute approximate surface area is 120 Å². The Morgan fingerprint density at radius 1 is 1.25 bits per heavy atom. The number of hydrogen-bond donors (Lipinski definition) is 0. The highest BCUT2D eigenvalue weighted by Crippen LogP contribution is 2.45. The topological polar surface area (TPSA) is 20.3 Å². The van der Waals surface area contributed by atoms with Gasteiger partial charge in [0.2, 0.25) is 5.91 Å². The number of rotatable bonds is 2. The first-order valence-electron chi connectivity index (χ1n) is 7.49. The molecule has 1 aromatic carbocycles. The second-order valence-electron chi connectivity index (χ2n) is 5.72. The number of carbonyl (C=O) groups is 1. The van der Waals surface area contributed by atoms with E-state index in [2.05, 4.69) is 19.1 Å². The van der Waals surface area contributed by atoms with Gasteiger partial charge in [0.25, 0.3) is 0 Å². The molecule has 2 atom stereocenters. The maximum Gasteiger partial charge on any atom is 0.237 e. The third-order valence-electron chi connectivity index (χ3n) is 4.73. The Morgan fingerprint density at radius 2 is 2.05 bits per heavy atom. The molecule has 3 rings (SSSR count). The summed E-state index contributed by atoms with van der Waals surface area (Å²) in [6.45, 7) is 3.03. The number of allylic oxidation sites excluding steroid dienone is 3. The van der Waals surface area contributed by atoms with Crippen molar-refractivity contribution in [3.05, 3.63) is 54.6 Å². The number of amides is 1. The summed E-state index contributed by atoms with van der Waals surface area (Å²) < 4.78 is 0. The summed E-state index contributed by atoms with van der Waals surface area (Å²) in [5.41, 5.74) is 0.701. The normalized spacial score (nSPS) is 29.1. The number of hydrogen-bond acceptors (Lipinski definition) is 1. The lowest BCUT2D eigenvalue weighted by Crippen LogP contribution is -2.53. The van der Waals surface area contributed by atoms with Crippen molar-refractivity contribution >= 4 is 11.6 Å². The number of piperidine rings is 1. The average Bonchev–Trinajstić information content (AvgIpc) is 2.52. The molecule has 0 saturated carbocycles. The molecule has 2 aliphatic rings. The smallest absolute Gasteiger partial charge is 0.237 e. The molecule has 1 spiro atoms. The SMILES string of the molecule is CC[C@@H]1CCN(c2ccccc2)C(=O)[C@]12C=CC=CC2. The Balaban J connectivity index is 1.97. The molecule has 0 unspecified atom stereocenters. The zero-order chi connectivity index (χ0) is 14.0. The van der Waals surface area contributed by atoms with E-state index >= 15 is 0 Å². The number of benzene rings is 1. The van der Waals surface area contributed by atoms with Crippen LogP contribution in [0.15, 0.2) is 54.6 Å². The van der Waals surface area contributed by atoms with Crippen molar-refractivity contribution in [2.45, 2.75) is 26.2 Å². The predicted octanol–water partition coefficient (Wildman–Crippen LogP) is 3.95. The van der Waals surface area contributed by atoms with Gasteiger partial charge in [0.05, 0.1) is 5.41 Å². The van der Waals surface area contributed by atoms with Crippen LogP contribution in [-0.2, 0) is 4.79 Å². The first kappa shape index (κ1) is 13.2. The minimum Gasteiger partial charge on any atom is -0.312 e. The van der Waals surface area contributed by atoms with Crippen molar-refractivity contribution in [3.63, 3.8) is 0 Å². The Bertz CT molecular complexity index is 546. The van der Waals surface area contributed by atoms with Gasteiger partial charge in [0.1, 0.15) is 0 Å². The third-order valence-corrected chi connectivity index (χ3v) is 4.73. The largest absolute Gasteiger partial charge is 0.312 e. The van der Waals surface area contributed by atoms with Crippen LogP contribution >= 0.6 is 0 Å². The van der Waals surface area contributed by atoms with Gasteiger partial charge in [0.15, 0.2) is 0 Å². The fourth-order valence-corrected chi connectivity index (χ4v) is 3.59. The van der Waals surface area contributed by atoms with Crippen LogP contribution in [0.25, 0.3) is 0 Å². The number of nitrogens with zero attached hydrogens (tertiary/aromatic N) is 1. The fourth-order valence-electron chi connectivity index (χ4n) is 3.59. The van der Waals surface area contributed by atoms with Crippen LogP contribution in [0.2, 0.25) is 0 Å². The van der Waals surface area contributed by atoms with Crippen LogP contribution in [0, 0.1) is 11.3 Å². The van der Waals surface area contributed by atoms with E-state index in [9.17, 15) is 4.79 Å². The standard InChI is InChI=1S/C18H21NO/c1-2-15-11-14-19(16-9-5-3-6-10-16)17(20)18(15)12-7-4-8-13-18/h3-10,12,15H,2,11,13-14H2,1H3/t15-,18+/m1/s1. The van der Waals surface area contributed by atoms with Crippen molar-refractivity contribution in [2.24, 2.45) is 11.3 Å². The van der Waals surface area contributed by atoms with Crippen molar-refractivity contribution < 1.29 is 4.79 Å². The quantitative estimate of drug-likeness (QED) is 0.794. The van der Waals surface area contributed by atoms with Crippen molar-refractivity contribution in [1.29, 1.82) is 0 Å². The monoisotopic (exact) mass is 267 g/mol. The summed E-state index contributed by atoms with van der Waals surface area (Å²) in [6, 6.07) is 10.0. The molecule has 1 aliphatic heterocycles. The minimum atomic E-state index is -0.322. The van der Waals surface area contributed by atoms with Gasteiger partial charge in [-0.1, -0.05) is 55.8 Å². The van der Waals surface area contributed by atoms with Gasteiger partial charge in [-0.15, -0.1) is 0 Å². The molecular formula is C18H21NO. The van der Waals surface area contributed by atoms with Crippen molar-refractivity contribution in [1.82, 2.24) is 0 Å². The zero-order valence-electron chi connectivity index (χ0n) is 12.0. The van der Waals surface area contributed by atoms with Crippen LogP contribution in [0.5, 0.6) is 0 Å². The average molecular weight is 267 g/mol. The zero-order valence-corrected chi connectivity index (χ0v) is 12.0. The van der Waals surface area contributed by atoms with Crippen molar-refractivity contribution in [3.8, 4) is 0 Å². The number of carbonyl (C=O) groups excluding carboxylic acids is 1. The molecule has 1 aromatic rings. The molecule has 20 heavy (non-hydrogen) atoms. The van der Waals surface area contributed by atoms with E-state index in [1.807, 2.05) is 47.4 Å². The van der Waals surface area contributed by atoms with E-state index in [-0.39, 0.29) is 11.3 Å². The highest BCUT2D eigenvalue weighted by Gasteiger charge is 2.47. The lowest BCUT2D eigenvalue weighted by Gasteiger charge is -2.46. The molecule has 0 radical (unpaired) electrons. The van der Waals surface area contributed by atoms with Crippen LogP contribution in [0.3, 0.4) is 0 Å². The summed E-state index contributed by atoms with van der Waals surface area (Å²) in [5, 5.41) is 0. The molecule has 0 aromatic heterocycles. The van der Waals surface area contributed by atoms with Crippen LogP contribution in [0.1, 0.15) is 26.2 Å². The Hall–Kier alpha value is -1.83. The Kier molecular flexibility index (Phi) is 3.47. The van der Waals surface area contributed by atoms with Gasteiger partial charge in [-0.2, -0.15) is 0 Å². The summed E-state index contributed by atoms with van der Waals surface area (Å²) in [6.07, 6.45) is 11.3. The molecule has 1 amide bonds. The van der Waals surface area contributed by atoms with Gasteiger partial charge < -0.3 is 4.90 Å². The van der Waals surface area contributed by atoms with Gasteiger partial charge in [-0.3, -0.25) is 4.79 Å². The number of anilines is 1. The maximum atomic E-state index is 13.1. The van der Waals surface area contributed by atoms with Gasteiger partial charge in [-0.25, -0.2) is 0 Å². The second-order valence-corrected chi connectivity index (χ2v) is 5.72. The van der Waals surface area contributed by atoms with Gasteiger partial charge in [-0.05, 0) is 30.9 Å². The predicted molar refractivity (Wildman–Crippen MR) is 82.5 cm³/mol. The molecule has 1 saturated heterocycles. The minimum absolute atomic E-state index is 0.266. The van der Waals surface area contributed by atoms with E-state index in [0.717, 1.165) is 31.5 Å². The summed E-state index contributed by atoms with van der Waals surface area (Å²) in [5.74, 6) is 0.721. The molecule has 2 nitrogen and oxygen atoms in total. The highest BCUT2D eigenvalue weighted by molar-refractivity contribution is 6.00. The van der Waals surface area contributed by atoms with Crippen molar-refractivity contribution in [2.75, 3.05) is 11.4 Å². The van der Waals surface area contributed by atoms with Gasteiger partial charge >= 0.3 is 0 Å². The third kappa shape index (κ3) is 2.00. The van der Waals surface area contributed by atoms with Gasteiger partial charge in [0, 0.05) is 12.2 Å². The lowest BCUT2D eigenvalue weighted by molar-refractivity contribution is -0.130. The van der Waals surface area contributed by atoms with E-state index in [1.54, 1.807) is 0 Å². The molecule has 104 valence electrons. The van der Waals surface area contributed by atoms with E-state index in [0.29, 0.717) is 5.92 Å². The maximum absolute atomic E-state index is 13.1. The molecule has 1 aliphatic carbocycles. The van der Waals surface area contributed by atoms with E-state index < -0.39 is 0 Å². The molecule has 1 fully saturated rings. The second kappa shape index (κ2) is 5.28. The molecule has 0 N–H and O–H groups in total. The van der Waals surface area contributed by atoms with Crippen LogP contribution < -0.4 is 4.90 Å². The van der Waals surface area contributed by atoms with Crippen LogP contribution in [-0.4, -0.2) is 12.5 Å².